The molecule has 1 fully saturated rings. The van der Waals surface area contributed by atoms with Gasteiger partial charge in [-0.3, -0.25) is 9.89 Å². The van der Waals surface area contributed by atoms with Crippen LogP contribution in [-0.2, 0) is 6.54 Å². The van der Waals surface area contributed by atoms with Crippen LogP contribution in [0, 0.1) is 11.3 Å². The number of hydrogen-bond acceptors (Lipinski definition) is 5. The number of benzene rings is 3. The van der Waals surface area contributed by atoms with Gasteiger partial charge in [-0.1, -0.05) is 30.3 Å². The molecule has 8 nitrogen and oxygen atoms in total. The molecule has 0 unspecified atom stereocenters. The van der Waals surface area contributed by atoms with Crippen LogP contribution in [0.3, 0.4) is 0 Å². The molecule has 2 aromatic heterocycles. The van der Waals surface area contributed by atoms with Crippen molar-refractivity contribution in [3.8, 4) is 17.5 Å². The second-order valence-corrected chi connectivity index (χ2v) is 10.4. The molecule has 1 aliphatic rings. The van der Waals surface area contributed by atoms with E-state index in [0.29, 0.717) is 29.5 Å². The third-order valence-electron chi connectivity index (χ3n) is 7.56. The zero-order valence-electron chi connectivity index (χ0n) is 22.4. The number of carbonyl (C=O) groups is 1. The number of aromatic nitrogens is 3. The fourth-order valence-corrected chi connectivity index (χ4v) is 5.28. The molecule has 1 aliphatic heterocycles. The molecule has 0 atom stereocenters. The number of piperidine rings is 1. The number of fused-ring (bicyclic) bond motifs is 1. The Morgan fingerprint density at radius 1 is 1.02 bits per heavy atom. The first kappa shape index (κ1) is 25.4. The van der Waals surface area contributed by atoms with Crippen LogP contribution in [0.15, 0.2) is 84.9 Å². The summed E-state index contributed by atoms with van der Waals surface area (Å²) in [6.07, 6.45) is 2.24. The predicted molar refractivity (Wildman–Crippen MR) is 158 cm³/mol. The van der Waals surface area contributed by atoms with Crippen LogP contribution in [0.4, 0.5) is 11.5 Å². The number of carbonyl (C=O) groups excluding carboxylic acids is 1. The zero-order chi connectivity index (χ0) is 27.5. The normalized spacial score (nSPS) is 14.2. The maximum Gasteiger partial charge on any atom is 0.256 e. The number of amides is 1. The largest absolute Gasteiger partial charge is 0.382 e. The molecule has 0 radical (unpaired) electrons. The van der Waals surface area contributed by atoms with Crippen LogP contribution >= 0.6 is 0 Å². The summed E-state index contributed by atoms with van der Waals surface area (Å²) in [6, 6.07) is 30.0. The molecular formula is C32H31N7O. The monoisotopic (exact) mass is 529 g/mol. The summed E-state index contributed by atoms with van der Waals surface area (Å²) in [5, 5.41) is 24.3. The summed E-state index contributed by atoms with van der Waals surface area (Å²) in [4.78, 5) is 15.3. The summed E-state index contributed by atoms with van der Waals surface area (Å²) in [5.41, 5.74) is 6.09. The number of H-pyrrole nitrogens is 1. The lowest BCUT2D eigenvalue weighted by Gasteiger charge is -2.30. The van der Waals surface area contributed by atoms with E-state index in [1.165, 1.54) is 0 Å². The van der Waals surface area contributed by atoms with Crippen LogP contribution in [0.25, 0.3) is 22.3 Å². The highest BCUT2D eigenvalue weighted by Gasteiger charge is 2.17. The standard InChI is InChI=1S/C32H31N7O/c1-38-16-14-27(15-17-38)34-26-12-10-24(11-13-26)32(40)35-31-19-28(36-37-31)30-18-25-4-2-3-5-29(25)39(30)21-23-8-6-22(20-33)7-9-23/h2-13,18-19,27,34H,14-17,21H2,1H3,(H2,35,36,37,40). The highest BCUT2D eigenvalue weighted by atomic mass is 16.1. The lowest BCUT2D eigenvalue weighted by Crippen LogP contribution is -2.36. The topological polar surface area (TPSA) is 102 Å². The Bertz CT molecular complexity index is 1670. The SMILES string of the molecule is CN1CCC(Nc2ccc(C(=O)Nc3cc(-c4cc5ccccc5n4Cc4ccc(C#N)cc4)n[nH]3)cc2)CC1. The number of aromatic amines is 1. The number of nitriles is 1. The molecule has 0 bridgehead atoms. The van der Waals surface area contributed by atoms with Gasteiger partial charge in [0.05, 0.1) is 17.3 Å². The van der Waals surface area contributed by atoms with Gasteiger partial charge in [-0.15, -0.1) is 0 Å². The first-order chi connectivity index (χ1) is 19.6. The number of anilines is 2. The fourth-order valence-electron chi connectivity index (χ4n) is 5.28. The number of para-hydroxylation sites is 1. The molecule has 1 amide bonds. The van der Waals surface area contributed by atoms with Crippen LogP contribution in [0.2, 0.25) is 0 Å². The molecule has 0 spiro atoms. The first-order valence-corrected chi connectivity index (χ1v) is 13.6. The number of likely N-dealkylation sites (tertiary alicyclic amines) is 1. The Labute approximate surface area is 233 Å². The molecule has 3 aromatic carbocycles. The quantitative estimate of drug-likeness (QED) is 0.251. The Hall–Kier alpha value is -4.87. The number of hydrogen-bond donors (Lipinski definition) is 3. The van der Waals surface area contributed by atoms with Gasteiger partial charge in [0.2, 0.25) is 0 Å². The van der Waals surface area contributed by atoms with Crippen molar-refractivity contribution in [3.63, 3.8) is 0 Å². The van der Waals surface area contributed by atoms with Crippen LogP contribution in [-0.4, -0.2) is 51.8 Å². The Morgan fingerprint density at radius 2 is 1.77 bits per heavy atom. The average Bonchev–Trinajstić information content (AvgIpc) is 3.59. The lowest BCUT2D eigenvalue weighted by atomic mass is 10.0. The predicted octanol–water partition coefficient (Wildman–Crippen LogP) is 5.71. The van der Waals surface area contributed by atoms with Gasteiger partial charge in [0, 0.05) is 40.8 Å². The van der Waals surface area contributed by atoms with Gasteiger partial charge in [0.1, 0.15) is 11.5 Å². The molecule has 0 saturated carbocycles. The van der Waals surface area contributed by atoms with Crippen molar-refractivity contribution in [2.75, 3.05) is 30.8 Å². The third-order valence-corrected chi connectivity index (χ3v) is 7.56. The zero-order valence-corrected chi connectivity index (χ0v) is 22.4. The summed E-state index contributed by atoms with van der Waals surface area (Å²) in [7, 11) is 2.16. The molecule has 40 heavy (non-hydrogen) atoms. The highest BCUT2D eigenvalue weighted by molar-refractivity contribution is 6.04. The number of nitrogens with zero attached hydrogens (tertiary/aromatic N) is 4. The number of rotatable bonds is 7. The van der Waals surface area contributed by atoms with Gasteiger partial charge in [-0.2, -0.15) is 10.4 Å². The average molecular weight is 530 g/mol. The van der Waals surface area contributed by atoms with Gasteiger partial charge in [0.15, 0.2) is 0 Å². The van der Waals surface area contributed by atoms with Crippen LogP contribution < -0.4 is 10.6 Å². The molecular weight excluding hydrogens is 498 g/mol. The minimum Gasteiger partial charge on any atom is -0.382 e. The van der Waals surface area contributed by atoms with Gasteiger partial charge < -0.3 is 20.1 Å². The van der Waals surface area contributed by atoms with Crippen molar-refractivity contribution < 1.29 is 4.79 Å². The maximum atomic E-state index is 13.0. The van der Waals surface area contributed by atoms with Crippen molar-refractivity contribution in [2.45, 2.75) is 25.4 Å². The second kappa shape index (κ2) is 11.1. The van der Waals surface area contributed by atoms with Crippen molar-refractivity contribution in [3.05, 3.63) is 102 Å². The van der Waals surface area contributed by atoms with Crippen LogP contribution in [0.5, 0.6) is 0 Å². The molecule has 200 valence electrons. The fraction of sp³-hybridized carbons (Fsp3) is 0.219. The van der Waals surface area contributed by atoms with Crippen LogP contribution in [0.1, 0.15) is 34.3 Å². The van der Waals surface area contributed by atoms with E-state index in [9.17, 15) is 4.79 Å². The molecule has 8 heteroatoms. The second-order valence-electron chi connectivity index (χ2n) is 10.4. The van der Waals surface area contributed by atoms with E-state index in [-0.39, 0.29) is 5.91 Å². The minimum atomic E-state index is -0.195. The van der Waals surface area contributed by atoms with E-state index >= 15 is 0 Å². The van der Waals surface area contributed by atoms with E-state index in [1.54, 1.807) is 0 Å². The van der Waals surface area contributed by atoms with Crippen molar-refractivity contribution in [1.29, 1.82) is 5.26 Å². The van der Waals surface area contributed by atoms with Gasteiger partial charge >= 0.3 is 0 Å². The van der Waals surface area contributed by atoms with E-state index < -0.39 is 0 Å². The third kappa shape index (κ3) is 5.46. The van der Waals surface area contributed by atoms with Crippen molar-refractivity contribution in [1.82, 2.24) is 19.7 Å². The number of nitrogens with one attached hydrogen (secondary N) is 3. The molecule has 1 saturated heterocycles. The maximum absolute atomic E-state index is 13.0. The minimum absolute atomic E-state index is 0.195. The Morgan fingerprint density at radius 3 is 2.52 bits per heavy atom. The van der Waals surface area contributed by atoms with Gasteiger partial charge in [-0.05, 0) is 87.1 Å². The molecule has 6 rings (SSSR count). The lowest BCUT2D eigenvalue weighted by molar-refractivity contribution is 0.102. The van der Waals surface area contributed by atoms with Gasteiger partial charge in [-0.25, -0.2) is 0 Å². The van der Waals surface area contributed by atoms with E-state index in [0.717, 1.165) is 59.5 Å². The highest BCUT2D eigenvalue weighted by Crippen LogP contribution is 2.29. The van der Waals surface area contributed by atoms with Gasteiger partial charge in [0.25, 0.3) is 5.91 Å². The summed E-state index contributed by atoms with van der Waals surface area (Å²) >= 11 is 0. The first-order valence-electron chi connectivity index (χ1n) is 13.6. The van der Waals surface area contributed by atoms with Crippen molar-refractivity contribution in [2.24, 2.45) is 0 Å². The molecule has 3 heterocycles. The Balaban J connectivity index is 1.17. The summed E-state index contributed by atoms with van der Waals surface area (Å²) < 4.78 is 2.20. The Kier molecular flexibility index (Phi) is 7.04. The molecule has 0 aliphatic carbocycles. The van der Waals surface area contributed by atoms with E-state index in [2.05, 4.69) is 61.6 Å². The van der Waals surface area contributed by atoms with Crippen molar-refractivity contribution >= 4 is 28.3 Å². The smallest absolute Gasteiger partial charge is 0.256 e. The summed E-state index contributed by atoms with van der Waals surface area (Å²) in [6.45, 7) is 2.82. The van der Waals surface area contributed by atoms with E-state index in [4.69, 9.17) is 5.26 Å². The molecule has 3 N–H and O–H groups in total. The molecule has 5 aromatic rings. The summed E-state index contributed by atoms with van der Waals surface area (Å²) in [5.74, 6) is 0.336. The van der Waals surface area contributed by atoms with E-state index in [1.807, 2.05) is 66.7 Å².